The molecule has 0 unspecified atom stereocenters. The second-order valence-electron chi connectivity index (χ2n) is 8.41. The number of ether oxygens (including phenoxy) is 2. The molecule has 36 heavy (non-hydrogen) atoms. The van der Waals surface area contributed by atoms with E-state index >= 15 is 0 Å². The second-order valence-corrected chi connectivity index (χ2v) is 11.2. The zero-order valence-electron chi connectivity index (χ0n) is 20.7. The molecule has 196 valence electrons. The van der Waals surface area contributed by atoms with E-state index < -0.39 is 21.8 Å². The smallest absolute Gasteiger partial charge is 0.368 e. The third-order valence-electron chi connectivity index (χ3n) is 6.11. The van der Waals surface area contributed by atoms with Crippen LogP contribution in [0.4, 0.5) is 10.1 Å². The van der Waals surface area contributed by atoms with Crippen molar-refractivity contribution in [2.75, 3.05) is 31.9 Å². The maximum Gasteiger partial charge on any atom is 0.368 e. The number of carboxylic acid groups (broad SMARTS) is 1. The normalized spacial score (nSPS) is 17.9. The Bertz CT molecular complexity index is 1220. The molecule has 3 rings (SSSR count). The molecule has 0 spiro atoms. The summed E-state index contributed by atoms with van der Waals surface area (Å²) in [5.41, 5.74) is 1.49. The lowest BCUT2D eigenvalue weighted by atomic mass is 10.1. The zero-order valence-corrected chi connectivity index (χ0v) is 22.4. The highest BCUT2D eigenvalue weighted by Gasteiger charge is 2.37. The SMILES string of the molecule is CCCC[C@@H]1CN(Cc2ccc(OC)cc2)c2cc(SC)c(O/C=C(\F)C(=O)O)cc2S(=O)(=O)N1C. The van der Waals surface area contributed by atoms with Gasteiger partial charge in [-0.2, -0.15) is 8.70 Å². The molecular weight excluding hydrogens is 507 g/mol. The molecule has 2 aromatic rings. The van der Waals surface area contributed by atoms with Crippen LogP contribution < -0.4 is 14.4 Å². The number of benzene rings is 2. The minimum absolute atomic E-state index is 0.0226. The largest absolute Gasteiger partial charge is 0.497 e. The summed E-state index contributed by atoms with van der Waals surface area (Å²) in [6.45, 7) is 3.01. The van der Waals surface area contributed by atoms with Crippen LogP contribution in [-0.4, -0.2) is 56.8 Å². The zero-order chi connectivity index (χ0) is 26.5. The first-order valence-corrected chi connectivity index (χ1v) is 14.1. The molecule has 2 aromatic carbocycles. The number of rotatable bonds is 10. The Morgan fingerprint density at radius 3 is 2.56 bits per heavy atom. The van der Waals surface area contributed by atoms with Gasteiger partial charge in [0, 0.05) is 32.2 Å². The standard InChI is InChI=1S/C25H31FN2O6S2/c1-5-6-7-18-15-28(14-17-8-10-19(33-3)11-9-17)21-12-23(35-4)22(34-16-20(26)25(29)30)13-24(21)36(31,32)27(18)2/h8-13,16,18H,5-7,14-15H2,1-4H3,(H,29,30)/b20-16-/t18-/m1/s1. The fraction of sp³-hybridized carbons (Fsp3) is 0.400. The van der Waals surface area contributed by atoms with Gasteiger partial charge in [0.25, 0.3) is 0 Å². The van der Waals surface area contributed by atoms with Crippen LogP contribution >= 0.6 is 11.8 Å². The fourth-order valence-electron chi connectivity index (χ4n) is 4.03. The highest BCUT2D eigenvalue weighted by atomic mass is 32.2. The maximum absolute atomic E-state index is 13.7. The number of aliphatic carboxylic acids is 1. The lowest BCUT2D eigenvalue weighted by Gasteiger charge is -2.29. The van der Waals surface area contributed by atoms with Gasteiger partial charge in [-0.05, 0) is 36.4 Å². The van der Waals surface area contributed by atoms with Crippen molar-refractivity contribution in [3.05, 3.63) is 54.1 Å². The van der Waals surface area contributed by atoms with Gasteiger partial charge in [-0.15, -0.1) is 11.8 Å². The van der Waals surface area contributed by atoms with Gasteiger partial charge in [-0.1, -0.05) is 31.9 Å². The molecule has 1 atom stereocenters. The van der Waals surface area contributed by atoms with Crippen molar-refractivity contribution in [1.82, 2.24) is 4.31 Å². The van der Waals surface area contributed by atoms with Crippen molar-refractivity contribution in [3.63, 3.8) is 0 Å². The van der Waals surface area contributed by atoms with Gasteiger partial charge in [0.05, 0.1) is 17.7 Å². The number of anilines is 1. The van der Waals surface area contributed by atoms with Crippen LogP contribution in [-0.2, 0) is 21.4 Å². The number of likely N-dealkylation sites (N-methyl/N-ethyl adjacent to an activating group) is 1. The highest BCUT2D eigenvalue weighted by molar-refractivity contribution is 7.98. The van der Waals surface area contributed by atoms with E-state index in [2.05, 4.69) is 6.92 Å². The first kappa shape index (κ1) is 27.8. The van der Waals surface area contributed by atoms with Gasteiger partial charge in [-0.25, -0.2) is 13.2 Å². The summed E-state index contributed by atoms with van der Waals surface area (Å²) >= 11 is 1.29. The molecule has 1 aliphatic heterocycles. The van der Waals surface area contributed by atoms with Crippen molar-refractivity contribution >= 4 is 33.4 Å². The van der Waals surface area contributed by atoms with Crippen molar-refractivity contribution in [2.24, 2.45) is 0 Å². The third kappa shape index (κ3) is 6.13. The summed E-state index contributed by atoms with van der Waals surface area (Å²) in [7, 11) is -0.753. The highest BCUT2D eigenvalue weighted by Crippen LogP contribution is 2.41. The van der Waals surface area contributed by atoms with Crippen molar-refractivity contribution in [1.29, 1.82) is 0 Å². The predicted octanol–water partition coefficient (Wildman–Crippen LogP) is 4.89. The van der Waals surface area contributed by atoms with E-state index in [1.54, 1.807) is 26.5 Å². The molecule has 1 heterocycles. The predicted molar refractivity (Wildman–Crippen MR) is 138 cm³/mol. The van der Waals surface area contributed by atoms with Crippen LogP contribution in [0.1, 0.15) is 31.7 Å². The summed E-state index contributed by atoms with van der Waals surface area (Å²) in [5.74, 6) is -2.47. The number of sulfonamides is 1. The Labute approximate surface area is 215 Å². The average molecular weight is 539 g/mol. The molecule has 11 heteroatoms. The van der Waals surface area contributed by atoms with E-state index in [1.165, 1.54) is 22.1 Å². The number of hydrogen-bond donors (Lipinski definition) is 1. The summed E-state index contributed by atoms with van der Waals surface area (Å²) in [6, 6.07) is 10.4. The van der Waals surface area contributed by atoms with Crippen LogP contribution in [0.5, 0.6) is 11.5 Å². The maximum atomic E-state index is 13.7. The number of hydrogen-bond acceptors (Lipinski definition) is 7. The Hall–Kier alpha value is -2.76. The van der Waals surface area contributed by atoms with Crippen molar-refractivity contribution < 1.29 is 32.2 Å². The number of nitrogens with zero attached hydrogens (tertiary/aromatic N) is 2. The Morgan fingerprint density at radius 1 is 1.28 bits per heavy atom. The van der Waals surface area contributed by atoms with E-state index in [0.717, 1.165) is 24.2 Å². The van der Waals surface area contributed by atoms with Crippen LogP contribution in [0, 0.1) is 0 Å². The molecule has 1 aliphatic rings. The number of halogens is 1. The van der Waals surface area contributed by atoms with E-state index in [-0.39, 0.29) is 16.7 Å². The number of carboxylic acids is 1. The van der Waals surface area contributed by atoms with E-state index in [9.17, 15) is 17.6 Å². The topological polar surface area (TPSA) is 96.4 Å². The fourth-order valence-corrected chi connectivity index (χ4v) is 6.16. The molecule has 0 radical (unpaired) electrons. The average Bonchev–Trinajstić information content (AvgIpc) is 2.94. The second kappa shape index (κ2) is 12.0. The van der Waals surface area contributed by atoms with E-state index in [1.807, 2.05) is 29.2 Å². The van der Waals surface area contributed by atoms with Gasteiger partial charge in [0.1, 0.15) is 22.7 Å². The molecule has 0 aromatic heterocycles. The third-order valence-corrected chi connectivity index (χ3v) is 8.80. The molecule has 1 N–H and O–H groups in total. The van der Waals surface area contributed by atoms with Crippen LogP contribution in [0.2, 0.25) is 0 Å². The molecule has 0 saturated heterocycles. The van der Waals surface area contributed by atoms with Gasteiger partial charge in [0.15, 0.2) is 0 Å². The number of carbonyl (C=O) groups is 1. The molecule has 0 bridgehead atoms. The van der Waals surface area contributed by atoms with Crippen LogP contribution in [0.15, 0.2) is 58.3 Å². The van der Waals surface area contributed by atoms with Gasteiger partial charge in [0.2, 0.25) is 15.9 Å². The number of thioether (sulfide) groups is 1. The first-order valence-electron chi connectivity index (χ1n) is 11.5. The Morgan fingerprint density at radius 2 is 1.97 bits per heavy atom. The molecule has 0 saturated carbocycles. The Balaban J connectivity index is 2.14. The Kier molecular flexibility index (Phi) is 9.26. The molecule has 0 aliphatic carbocycles. The molecular formula is C25H31FN2O6S2. The minimum atomic E-state index is -3.92. The number of unbranched alkanes of at least 4 members (excludes halogenated alkanes) is 1. The van der Waals surface area contributed by atoms with Crippen molar-refractivity contribution in [3.8, 4) is 11.5 Å². The molecule has 0 fully saturated rings. The van der Waals surface area contributed by atoms with Gasteiger partial charge in [-0.3, -0.25) is 0 Å². The van der Waals surface area contributed by atoms with Crippen LogP contribution in [0.25, 0.3) is 0 Å². The minimum Gasteiger partial charge on any atom is -0.497 e. The number of methoxy groups -OCH3 is 1. The molecule has 8 nitrogen and oxygen atoms in total. The lowest BCUT2D eigenvalue weighted by Crippen LogP contribution is -2.41. The van der Waals surface area contributed by atoms with E-state index in [0.29, 0.717) is 36.4 Å². The summed E-state index contributed by atoms with van der Waals surface area (Å²) in [4.78, 5) is 13.4. The monoisotopic (exact) mass is 538 g/mol. The van der Waals surface area contributed by atoms with Gasteiger partial charge < -0.3 is 19.5 Å². The quantitative estimate of drug-likeness (QED) is 0.260. The van der Waals surface area contributed by atoms with Crippen molar-refractivity contribution in [2.45, 2.75) is 48.6 Å². The lowest BCUT2D eigenvalue weighted by molar-refractivity contribution is -0.134. The number of fused-ring (bicyclic) bond motifs is 1. The van der Waals surface area contributed by atoms with Gasteiger partial charge >= 0.3 is 5.97 Å². The summed E-state index contributed by atoms with van der Waals surface area (Å²) in [6.07, 6.45) is 4.76. The van der Waals surface area contributed by atoms with Crippen LogP contribution in [0.3, 0.4) is 0 Å². The van der Waals surface area contributed by atoms with E-state index in [4.69, 9.17) is 14.6 Å². The molecule has 0 amide bonds. The first-order chi connectivity index (χ1) is 17.1. The summed E-state index contributed by atoms with van der Waals surface area (Å²) in [5, 5.41) is 8.80. The summed E-state index contributed by atoms with van der Waals surface area (Å²) < 4.78 is 53.0.